The van der Waals surface area contributed by atoms with E-state index in [2.05, 4.69) is 44.9 Å². The molecule has 0 amide bonds. The minimum atomic E-state index is 0.901. The summed E-state index contributed by atoms with van der Waals surface area (Å²) in [5.41, 5.74) is 1.25. The zero-order chi connectivity index (χ0) is 17.9. The lowest BCUT2D eigenvalue weighted by atomic mass is 10.2. The Balaban J connectivity index is 1.54. The van der Waals surface area contributed by atoms with E-state index in [9.17, 15) is 0 Å². The maximum atomic E-state index is 5.27. The average Bonchev–Trinajstić information content (AvgIpc) is 2.97. The van der Waals surface area contributed by atoms with Gasteiger partial charge in [0, 0.05) is 36.7 Å². The molecule has 0 atom stereocenters. The zero-order valence-corrected chi connectivity index (χ0v) is 16.1. The van der Waals surface area contributed by atoms with Crippen molar-refractivity contribution in [2.24, 2.45) is 0 Å². The third kappa shape index (κ3) is 3.33. The van der Waals surface area contributed by atoms with Gasteiger partial charge in [0.1, 0.15) is 22.7 Å². The van der Waals surface area contributed by atoms with Gasteiger partial charge in [-0.3, -0.25) is 0 Å². The Morgan fingerprint density at radius 1 is 1.04 bits per heavy atom. The van der Waals surface area contributed by atoms with E-state index in [0.717, 1.165) is 55.4 Å². The molecular formula is C20H24N4OS. The topological polar surface area (TPSA) is 41.5 Å². The highest BCUT2D eigenvalue weighted by Gasteiger charge is 2.19. The highest BCUT2D eigenvalue weighted by atomic mass is 32.1. The smallest absolute Gasteiger partial charge is 0.140 e. The van der Waals surface area contributed by atoms with Crippen molar-refractivity contribution in [3.8, 4) is 5.75 Å². The number of nitrogens with zero attached hydrogens (tertiary/aromatic N) is 4. The van der Waals surface area contributed by atoms with E-state index in [1.54, 1.807) is 24.8 Å². The highest BCUT2D eigenvalue weighted by molar-refractivity contribution is 7.18. The van der Waals surface area contributed by atoms with Crippen molar-refractivity contribution >= 4 is 33.1 Å². The molecule has 0 bridgehead atoms. The van der Waals surface area contributed by atoms with Crippen molar-refractivity contribution in [1.29, 1.82) is 0 Å². The van der Waals surface area contributed by atoms with Crippen molar-refractivity contribution in [3.63, 3.8) is 0 Å². The molecule has 0 unspecified atom stereocenters. The number of hydrogen-bond acceptors (Lipinski definition) is 6. The number of aryl methyl sites for hydroxylation is 1. The Kier molecular flexibility index (Phi) is 4.93. The van der Waals surface area contributed by atoms with Crippen LogP contribution in [0.15, 0.2) is 36.7 Å². The van der Waals surface area contributed by atoms with Crippen LogP contribution >= 0.6 is 11.3 Å². The maximum Gasteiger partial charge on any atom is 0.140 e. The number of rotatable bonds is 4. The van der Waals surface area contributed by atoms with Crippen molar-refractivity contribution in [2.45, 2.75) is 19.8 Å². The van der Waals surface area contributed by atoms with Gasteiger partial charge in [-0.2, -0.15) is 0 Å². The fourth-order valence-electron chi connectivity index (χ4n) is 3.50. The average molecular weight is 369 g/mol. The van der Waals surface area contributed by atoms with E-state index < -0.39 is 0 Å². The molecule has 4 rings (SSSR count). The predicted molar refractivity (Wildman–Crippen MR) is 109 cm³/mol. The normalized spacial score (nSPS) is 15.3. The van der Waals surface area contributed by atoms with Gasteiger partial charge in [-0.15, -0.1) is 11.3 Å². The SMILES string of the molecule is CCc1cc2c(N3CCCN(c4ccc(OC)cc4)CC3)ncnc2s1. The second-order valence-corrected chi connectivity index (χ2v) is 7.62. The van der Waals surface area contributed by atoms with Crippen LogP contribution in [-0.4, -0.2) is 43.3 Å². The Labute approximate surface area is 158 Å². The number of fused-ring (bicyclic) bond motifs is 1. The number of thiophene rings is 1. The summed E-state index contributed by atoms with van der Waals surface area (Å²) in [6.45, 7) is 6.23. The highest BCUT2D eigenvalue weighted by Crippen LogP contribution is 2.31. The van der Waals surface area contributed by atoms with Gasteiger partial charge in [0.05, 0.1) is 12.5 Å². The molecule has 3 heterocycles. The summed E-state index contributed by atoms with van der Waals surface area (Å²) in [4.78, 5) is 16.4. The lowest BCUT2D eigenvalue weighted by Crippen LogP contribution is -2.31. The van der Waals surface area contributed by atoms with Gasteiger partial charge in [0.15, 0.2) is 0 Å². The van der Waals surface area contributed by atoms with Gasteiger partial charge in [0.2, 0.25) is 0 Å². The number of aromatic nitrogens is 2. The lowest BCUT2D eigenvalue weighted by molar-refractivity contribution is 0.415. The Morgan fingerprint density at radius 2 is 1.81 bits per heavy atom. The number of hydrogen-bond donors (Lipinski definition) is 0. The quantitative estimate of drug-likeness (QED) is 0.697. The number of benzene rings is 1. The lowest BCUT2D eigenvalue weighted by Gasteiger charge is -2.24. The van der Waals surface area contributed by atoms with Gasteiger partial charge < -0.3 is 14.5 Å². The Morgan fingerprint density at radius 3 is 2.58 bits per heavy atom. The second kappa shape index (κ2) is 7.50. The molecule has 0 spiro atoms. The van der Waals surface area contributed by atoms with Crippen LogP contribution in [-0.2, 0) is 6.42 Å². The zero-order valence-electron chi connectivity index (χ0n) is 15.3. The van der Waals surface area contributed by atoms with Crippen molar-refractivity contribution in [1.82, 2.24) is 9.97 Å². The number of methoxy groups -OCH3 is 1. The van der Waals surface area contributed by atoms with Crippen molar-refractivity contribution in [3.05, 3.63) is 41.5 Å². The van der Waals surface area contributed by atoms with E-state index in [1.807, 2.05) is 12.1 Å². The number of ether oxygens (including phenoxy) is 1. The van der Waals surface area contributed by atoms with Gasteiger partial charge >= 0.3 is 0 Å². The van der Waals surface area contributed by atoms with Crippen LogP contribution < -0.4 is 14.5 Å². The summed E-state index contributed by atoms with van der Waals surface area (Å²) in [6.07, 6.45) is 3.87. The molecule has 5 nitrogen and oxygen atoms in total. The first-order chi connectivity index (χ1) is 12.8. The molecule has 2 aromatic heterocycles. The Bertz CT molecular complexity index is 877. The molecule has 1 saturated heterocycles. The molecule has 1 aliphatic rings. The van der Waals surface area contributed by atoms with Crippen molar-refractivity contribution < 1.29 is 4.74 Å². The summed E-state index contributed by atoms with van der Waals surface area (Å²) < 4.78 is 5.27. The molecule has 0 radical (unpaired) electrons. The first-order valence-corrected chi connectivity index (χ1v) is 9.97. The molecular weight excluding hydrogens is 344 g/mol. The fraction of sp³-hybridized carbons (Fsp3) is 0.400. The molecule has 0 N–H and O–H groups in total. The monoisotopic (exact) mass is 368 g/mol. The van der Waals surface area contributed by atoms with E-state index in [1.165, 1.54) is 16.0 Å². The summed E-state index contributed by atoms with van der Waals surface area (Å²) >= 11 is 1.78. The molecule has 26 heavy (non-hydrogen) atoms. The van der Waals surface area contributed by atoms with E-state index in [-0.39, 0.29) is 0 Å². The van der Waals surface area contributed by atoms with Crippen LogP contribution in [0.5, 0.6) is 5.75 Å². The second-order valence-electron chi connectivity index (χ2n) is 6.51. The molecule has 1 fully saturated rings. The Hall–Kier alpha value is -2.34. The minimum Gasteiger partial charge on any atom is -0.497 e. The van der Waals surface area contributed by atoms with Crippen LogP contribution in [0.2, 0.25) is 0 Å². The molecule has 1 aliphatic heterocycles. The summed E-state index contributed by atoms with van der Waals surface area (Å²) in [7, 11) is 1.70. The molecule has 6 heteroatoms. The molecule has 3 aromatic rings. The number of anilines is 2. The molecule has 0 aliphatic carbocycles. The fourth-order valence-corrected chi connectivity index (χ4v) is 4.43. The standard InChI is InChI=1S/C20H24N4OS/c1-3-17-13-18-19(21-14-22-20(18)26-17)24-10-4-9-23(11-12-24)15-5-7-16(25-2)8-6-15/h5-8,13-14H,3-4,9-12H2,1-2H3. The third-order valence-electron chi connectivity index (χ3n) is 4.94. The van der Waals surface area contributed by atoms with Gasteiger partial charge in [-0.25, -0.2) is 9.97 Å². The van der Waals surface area contributed by atoms with E-state index >= 15 is 0 Å². The summed E-state index contributed by atoms with van der Waals surface area (Å²) in [5, 5.41) is 1.20. The van der Waals surface area contributed by atoms with Crippen LogP contribution in [0.25, 0.3) is 10.2 Å². The van der Waals surface area contributed by atoms with Crippen LogP contribution in [0, 0.1) is 0 Å². The van der Waals surface area contributed by atoms with Gasteiger partial charge in [-0.1, -0.05) is 6.92 Å². The molecule has 0 saturated carbocycles. The van der Waals surface area contributed by atoms with E-state index in [4.69, 9.17) is 4.74 Å². The largest absolute Gasteiger partial charge is 0.497 e. The van der Waals surface area contributed by atoms with Crippen LogP contribution in [0.1, 0.15) is 18.2 Å². The maximum absolute atomic E-state index is 5.27. The van der Waals surface area contributed by atoms with E-state index in [0.29, 0.717) is 0 Å². The first-order valence-electron chi connectivity index (χ1n) is 9.16. The van der Waals surface area contributed by atoms with Crippen LogP contribution in [0.3, 0.4) is 0 Å². The van der Waals surface area contributed by atoms with Crippen LogP contribution in [0.4, 0.5) is 11.5 Å². The molecule has 1 aromatic carbocycles. The summed E-state index contributed by atoms with van der Waals surface area (Å²) in [6, 6.07) is 10.6. The summed E-state index contributed by atoms with van der Waals surface area (Å²) in [5.74, 6) is 1.99. The van der Waals surface area contributed by atoms with Crippen molar-refractivity contribution in [2.75, 3.05) is 43.1 Å². The minimum absolute atomic E-state index is 0.901. The molecule has 136 valence electrons. The van der Waals surface area contributed by atoms with Gasteiger partial charge in [0.25, 0.3) is 0 Å². The third-order valence-corrected chi connectivity index (χ3v) is 6.13. The van der Waals surface area contributed by atoms with Gasteiger partial charge in [-0.05, 0) is 43.2 Å². The first kappa shape index (κ1) is 17.1. The predicted octanol–water partition coefficient (Wildman–Crippen LogP) is 3.98.